The van der Waals surface area contributed by atoms with Crippen molar-refractivity contribution in [3.05, 3.63) is 29.8 Å². The molecule has 0 radical (unpaired) electrons. The van der Waals surface area contributed by atoms with Crippen molar-refractivity contribution in [2.24, 2.45) is 0 Å². The van der Waals surface area contributed by atoms with Gasteiger partial charge in [-0.3, -0.25) is 4.79 Å². The van der Waals surface area contributed by atoms with E-state index in [1.165, 1.54) is 5.56 Å². The number of ether oxygens (including phenoxy) is 1. The summed E-state index contributed by atoms with van der Waals surface area (Å²) in [5, 5.41) is 6.25. The predicted octanol–water partition coefficient (Wildman–Crippen LogP) is 1.56. The monoisotopic (exact) mass is 248 g/mol. The number of rotatable bonds is 4. The third-order valence-corrected chi connectivity index (χ3v) is 3.05. The van der Waals surface area contributed by atoms with Gasteiger partial charge < -0.3 is 15.4 Å². The first kappa shape index (κ1) is 12.9. The highest BCUT2D eigenvalue weighted by molar-refractivity contribution is 5.87. The molecule has 18 heavy (non-hydrogen) atoms. The topological polar surface area (TPSA) is 50.4 Å². The largest absolute Gasteiger partial charge is 0.382 e. The van der Waals surface area contributed by atoms with Crippen LogP contribution in [0.1, 0.15) is 19.4 Å². The second-order valence-electron chi connectivity index (χ2n) is 5.36. The highest BCUT2D eigenvalue weighted by atomic mass is 16.5. The van der Waals surface area contributed by atoms with Gasteiger partial charge in [0.1, 0.15) is 6.04 Å². The Morgan fingerprint density at radius 3 is 2.89 bits per heavy atom. The molecule has 4 nitrogen and oxygen atoms in total. The molecule has 0 aromatic heterocycles. The molecule has 1 amide bonds. The summed E-state index contributed by atoms with van der Waals surface area (Å²) >= 11 is 0. The first-order valence-electron chi connectivity index (χ1n) is 6.17. The summed E-state index contributed by atoms with van der Waals surface area (Å²) in [6.45, 7) is 4.41. The normalized spacial score (nSPS) is 18.1. The SMILES string of the molecule is COCC(C)(C)NC(=O)C1Cc2ccccc2N1. The number of methoxy groups -OCH3 is 1. The van der Waals surface area contributed by atoms with Crippen LogP contribution in [-0.2, 0) is 16.0 Å². The Labute approximate surface area is 108 Å². The molecule has 2 rings (SSSR count). The Kier molecular flexibility index (Phi) is 3.57. The molecule has 1 atom stereocenters. The van der Waals surface area contributed by atoms with Gasteiger partial charge in [0.2, 0.25) is 5.91 Å². The lowest BCUT2D eigenvalue weighted by Gasteiger charge is -2.27. The Balaban J connectivity index is 1.97. The summed E-state index contributed by atoms with van der Waals surface area (Å²) in [6.07, 6.45) is 0.741. The van der Waals surface area contributed by atoms with Crippen molar-refractivity contribution in [2.45, 2.75) is 31.8 Å². The van der Waals surface area contributed by atoms with Gasteiger partial charge in [0.25, 0.3) is 0 Å². The number of benzene rings is 1. The molecule has 1 aliphatic rings. The molecule has 1 aromatic carbocycles. The summed E-state index contributed by atoms with van der Waals surface area (Å²) in [7, 11) is 1.64. The minimum absolute atomic E-state index is 0.0215. The fourth-order valence-electron chi connectivity index (χ4n) is 2.27. The number of hydrogen-bond acceptors (Lipinski definition) is 3. The third kappa shape index (κ3) is 2.82. The lowest BCUT2D eigenvalue weighted by Crippen LogP contribution is -2.51. The summed E-state index contributed by atoms with van der Waals surface area (Å²) in [6, 6.07) is 7.84. The highest BCUT2D eigenvalue weighted by Crippen LogP contribution is 2.25. The van der Waals surface area contributed by atoms with E-state index in [-0.39, 0.29) is 17.5 Å². The van der Waals surface area contributed by atoms with Crippen LogP contribution < -0.4 is 10.6 Å². The number of amides is 1. The first-order chi connectivity index (χ1) is 8.52. The molecule has 1 heterocycles. The van der Waals surface area contributed by atoms with Gasteiger partial charge in [-0.1, -0.05) is 18.2 Å². The molecule has 0 aliphatic carbocycles. The maximum absolute atomic E-state index is 12.2. The number of hydrogen-bond donors (Lipinski definition) is 2. The average Bonchev–Trinajstić information content (AvgIpc) is 2.71. The average molecular weight is 248 g/mol. The Bertz CT molecular complexity index is 418. The fraction of sp³-hybridized carbons (Fsp3) is 0.500. The van der Waals surface area contributed by atoms with E-state index in [0.29, 0.717) is 6.61 Å². The molecule has 4 heteroatoms. The molecule has 0 bridgehead atoms. The molecule has 0 saturated heterocycles. The van der Waals surface area contributed by atoms with E-state index >= 15 is 0 Å². The zero-order chi connectivity index (χ0) is 13.2. The number of anilines is 1. The molecule has 1 aromatic rings. The zero-order valence-corrected chi connectivity index (χ0v) is 11.1. The van der Waals surface area contributed by atoms with Crippen LogP contribution in [0.3, 0.4) is 0 Å². The van der Waals surface area contributed by atoms with E-state index in [1.54, 1.807) is 7.11 Å². The van der Waals surface area contributed by atoms with Crippen LogP contribution in [0, 0.1) is 0 Å². The molecule has 1 unspecified atom stereocenters. The minimum Gasteiger partial charge on any atom is -0.382 e. The van der Waals surface area contributed by atoms with E-state index in [1.807, 2.05) is 32.0 Å². The third-order valence-electron chi connectivity index (χ3n) is 3.05. The van der Waals surface area contributed by atoms with Crippen molar-refractivity contribution in [2.75, 3.05) is 19.0 Å². The first-order valence-corrected chi connectivity index (χ1v) is 6.17. The van der Waals surface area contributed by atoms with Gasteiger partial charge in [-0.2, -0.15) is 0 Å². The number of nitrogens with one attached hydrogen (secondary N) is 2. The van der Waals surface area contributed by atoms with Crippen LogP contribution in [0.15, 0.2) is 24.3 Å². The van der Waals surface area contributed by atoms with Crippen molar-refractivity contribution in [1.29, 1.82) is 0 Å². The van der Waals surface area contributed by atoms with E-state index in [4.69, 9.17) is 4.74 Å². The van der Waals surface area contributed by atoms with Crippen molar-refractivity contribution >= 4 is 11.6 Å². The molecular formula is C14H20N2O2. The van der Waals surface area contributed by atoms with E-state index in [2.05, 4.69) is 16.7 Å². The summed E-state index contributed by atoms with van der Waals surface area (Å²) in [5.74, 6) is 0.0215. The van der Waals surface area contributed by atoms with Crippen LogP contribution in [0.2, 0.25) is 0 Å². The number of para-hydroxylation sites is 1. The van der Waals surface area contributed by atoms with Gasteiger partial charge in [-0.15, -0.1) is 0 Å². The lowest BCUT2D eigenvalue weighted by atomic mass is 10.0. The van der Waals surface area contributed by atoms with E-state index < -0.39 is 0 Å². The van der Waals surface area contributed by atoms with Crippen LogP contribution in [0.25, 0.3) is 0 Å². The smallest absolute Gasteiger partial charge is 0.243 e. The maximum atomic E-state index is 12.2. The van der Waals surface area contributed by atoms with Gasteiger partial charge in [0.05, 0.1) is 12.1 Å². The van der Waals surface area contributed by atoms with Gasteiger partial charge in [0, 0.05) is 19.2 Å². The van der Waals surface area contributed by atoms with Crippen LogP contribution >= 0.6 is 0 Å². The van der Waals surface area contributed by atoms with Gasteiger partial charge in [-0.25, -0.2) is 0 Å². The van der Waals surface area contributed by atoms with Gasteiger partial charge in [-0.05, 0) is 25.5 Å². The van der Waals surface area contributed by atoms with Crippen molar-refractivity contribution in [3.8, 4) is 0 Å². The molecule has 0 fully saturated rings. The van der Waals surface area contributed by atoms with Crippen molar-refractivity contribution in [1.82, 2.24) is 5.32 Å². The molecular weight excluding hydrogens is 228 g/mol. The molecule has 2 N–H and O–H groups in total. The predicted molar refractivity (Wildman–Crippen MR) is 71.7 cm³/mol. The second kappa shape index (κ2) is 4.98. The Morgan fingerprint density at radius 2 is 2.22 bits per heavy atom. The number of fused-ring (bicyclic) bond motifs is 1. The van der Waals surface area contributed by atoms with Gasteiger partial charge >= 0.3 is 0 Å². The minimum atomic E-state index is -0.345. The van der Waals surface area contributed by atoms with Crippen LogP contribution in [0.5, 0.6) is 0 Å². The molecule has 98 valence electrons. The molecule has 0 saturated carbocycles. The quantitative estimate of drug-likeness (QED) is 0.850. The number of carbonyl (C=O) groups is 1. The van der Waals surface area contributed by atoms with Crippen molar-refractivity contribution < 1.29 is 9.53 Å². The highest BCUT2D eigenvalue weighted by Gasteiger charge is 2.30. The van der Waals surface area contributed by atoms with Crippen LogP contribution in [0.4, 0.5) is 5.69 Å². The fourth-order valence-corrected chi connectivity index (χ4v) is 2.27. The van der Waals surface area contributed by atoms with Crippen LogP contribution in [-0.4, -0.2) is 31.2 Å². The summed E-state index contributed by atoms with van der Waals surface area (Å²) in [5.41, 5.74) is 1.91. The summed E-state index contributed by atoms with van der Waals surface area (Å²) < 4.78 is 5.10. The zero-order valence-electron chi connectivity index (χ0n) is 11.1. The van der Waals surface area contributed by atoms with Crippen molar-refractivity contribution in [3.63, 3.8) is 0 Å². The standard InChI is InChI=1S/C14H20N2O2/c1-14(2,9-18-3)16-13(17)12-8-10-6-4-5-7-11(10)15-12/h4-7,12,15H,8-9H2,1-3H3,(H,16,17). The Morgan fingerprint density at radius 1 is 1.50 bits per heavy atom. The molecule has 0 spiro atoms. The maximum Gasteiger partial charge on any atom is 0.243 e. The Hall–Kier alpha value is -1.55. The van der Waals surface area contributed by atoms with E-state index in [0.717, 1.165) is 12.1 Å². The second-order valence-corrected chi connectivity index (χ2v) is 5.36. The van der Waals surface area contributed by atoms with Gasteiger partial charge in [0.15, 0.2) is 0 Å². The summed E-state index contributed by atoms with van der Waals surface area (Å²) in [4.78, 5) is 12.2. The lowest BCUT2D eigenvalue weighted by molar-refractivity contribution is -0.123. The molecule has 1 aliphatic heterocycles. The van der Waals surface area contributed by atoms with E-state index in [9.17, 15) is 4.79 Å². The number of carbonyl (C=O) groups excluding carboxylic acids is 1.